The molecule has 124 valence electrons. The van der Waals surface area contributed by atoms with Gasteiger partial charge in [-0.3, -0.25) is 4.55 Å². The number of rotatable bonds is 3. The number of benzene rings is 2. The number of hydrogen-bond acceptors (Lipinski definition) is 3. The molecule has 23 heavy (non-hydrogen) atoms. The summed E-state index contributed by atoms with van der Waals surface area (Å²) in [4.78, 5) is -0.442. The maximum atomic E-state index is 11.6. The molecule has 1 atom stereocenters. The van der Waals surface area contributed by atoms with Crippen LogP contribution in [0.5, 0.6) is 5.75 Å². The van der Waals surface area contributed by atoms with Crippen molar-refractivity contribution in [2.75, 3.05) is 0 Å². The first kappa shape index (κ1) is 17.5. The summed E-state index contributed by atoms with van der Waals surface area (Å²) in [7, 11) is -4.50. The van der Waals surface area contributed by atoms with Crippen molar-refractivity contribution in [1.29, 1.82) is 0 Å². The maximum Gasteiger partial charge on any atom is 0.298 e. The molecule has 0 aromatic heterocycles. The Hall–Kier alpha value is -1.85. The molecule has 2 aromatic rings. The summed E-state index contributed by atoms with van der Waals surface area (Å²) in [6.07, 6.45) is 0. The third-order valence-corrected chi connectivity index (χ3v) is 4.88. The zero-order chi connectivity index (χ0) is 17.4. The molecule has 0 saturated carbocycles. The molecule has 0 aliphatic heterocycles. The van der Waals surface area contributed by atoms with Crippen LogP contribution in [0.1, 0.15) is 50.3 Å². The third-order valence-electron chi connectivity index (χ3n) is 4.01. The molecular weight excluding hydrogens is 312 g/mol. The average molecular weight is 334 g/mol. The zero-order valence-electron chi connectivity index (χ0n) is 13.7. The summed E-state index contributed by atoms with van der Waals surface area (Å²) in [5.41, 5.74) is 1.85. The molecule has 1 unspecified atom stereocenters. The van der Waals surface area contributed by atoms with E-state index >= 15 is 0 Å². The van der Waals surface area contributed by atoms with Crippen molar-refractivity contribution in [3.05, 3.63) is 59.2 Å². The van der Waals surface area contributed by atoms with Gasteiger partial charge in [0.2, 0.25) is 0 Å². The maximum absolute atomic E-state index is 11.6. The molecule has 0 saturated heterocycles. The van der Waals surface area contributed by atoms with Crippen LogP contribution in [0, 0.1) is 0 Å². The van der Waals surface area contributed by atoms with Gasteiger partial charge in [0.15, 0.2) is 0 Å². The largest absolute Gasteiger partial charge is 0.506 e. The van der Waals surface area contributed by atoms with Gasteiger partial charge < -0.3 is 5.11 Å². The lowest BCUT2D eigenvalue weighted by atomic mass is 9.83. The monoisotopic (exact) mass is 334 g/mol. The van der Waals surface area contributed by atoms with E-state index in [0.717, 1.165) is 11.1 Å². The summed E-state index contributed by atoms with van der Waals surface area (Å²) in [6, 6.07) is 12.7. The van der Waals surface area contributed by atoms with Crippen molar-refractivity contribution in [3.8, 4) is 5.75 Å². The van der Waals surface area contributed by atoms with Crippen LogP contribution in [0.4, 0.5) is 0 Å². The van der Waals surface area contributed by atoms with Gasteiger partial charge in [0, 0.05) is 11.5 Å². The van der Waals surface area contributed by atoms with Gasteiger partial charge in [0.1, 0.15) is 10.6 Å². The number of aromatic hydroxyl groups is 1. The Morgan fingerprint density at radius 3 is 2.09 bits per heavy atom. The Kier molecular flexibility index (Phi) is 4.55. The molecule has 2 aromatic carbocycles. The zero-order valence-corrected chi connectivity index (χ0v) is 14.6. The molecule has 0 heterocycles. The average Bonchev–Trinajstić information content (AvgIpc) is 2.45. The molecule has 0 aliphatic rings. The van der Waals surface area contributed by atoms with Gasteiger partial charge in [-0.25, -0.2) is 0 Å². The Morgan fingerprint density at radius 2 is 1.61 bits per heavy atom. The molecule has 2 N–H and O–H groups in total. The van der Waals surface area contributed by atoms with E-state index in [9.17, 15) is 18.1 Å². The summed E-state index contributed by atoms with van der Waals surface area (Å²) in [5, 5.41) is 10.4. The highest BCUT2D eigenvalue weighted by Crippen LogP contribution is 2.39. The summed E-state index contributed by atoms with van der Waals surface area (Å²) < 4.78 is 32.7. The highest BCUT2D eigenvalue weighted by molar-refractivity contribution is 7.86. The second-order valence-electron chi connectivity index (χ2n) is 6.77. The first-order valence-corrected chi connectivity index (χ1v) is 8.85. The van der Waals surface area contributed by atoms with E-state index in [1.54, 1.807) is 0 Å². The van der Waals surface area contributed by atoms with E-state index in [4.69, 9.17) is 0 Å². The van der Waals surface area contributed by atoms with Gasteiger partial charge in [-0.2, -0.15) is 8.42 Å². The van der Waals surface area contributed by atoms with Crippen molar-refractivity contribution in [2.24, 2.45) is 0 Å². The summed E-state index contributed by atoms with van der Waals surface area (Å²) >= 11 is 0. The quantitative estimate of drug-likeness (QED) is 0.829. The topological polar surface area (TPSA) is 74.6 Å². The van der Waals surface area contributed by atoms with Gasteiger partial charge in [0.05, 0.1) is 0 Å². The molecule has 0 spiro atoms. The number of phenols is 1. The second kappa shape index (κ2) is 5.98. The third kappa shape index (κ3) is 3.74. The highest BCUT2D eigenvalue weighted by Gasteiger charge is 2.26. The molecule has 0 bridgehead atoms. The highest BCUT2D eigenvalue weighted by atomic mass is 32.2. The normalized spacial score (nSPS) is 13.8. The fourth-order valence-electron chi connectivity index (χ4n) is 2.51. The molecule has 0 radical (unpaired) electrons. The minimum atomic E-state index is -4.50. The lowest BCUT2D eigenvalue weighted by Crippen LogP contribution is -2.14. The van der Waals surface area contributed by atoms with Crippen LogP contribution in [0.2, 0.25) is 0 Å². The molecule has 2 rings (SSSR count). The number of phenolic OH excluding ortho intramolecular Hbond substituents is 1. The Balaban J connectivity index is 2.72. The van der Waals surface area contributed by atoms with Crippen LogP contribution < -0.4 is 0 Å². The minimum Gasteiger partial charge on any atom is -0.506 e. The Morgan fingerprint density at radius 1 is 1.04 bits per heavy atom. The standard InChI is InChI=1S/C18H22O4S/c1-12(13-8-6-5-7-9-13)15-10-14(18(2,3)4)11-16(17(15)19)23(20,21)22/h5-12,19H,1-4H3,(H,20,21,22). The molecule has 0 fully saturated rings. The van der Waals surface area contributed by atoms with Gasteiger partial charge in [-0.05, 0) is 22.6 Å². The van der Waals surface area contributed by atoms with Gasteiger partial charge in [-0.15, -0.1) is 0 Å². The predicted molar refractivity (Wildman–Crippen MR) is 90.6 cm³/mol. The predicted octanol–water partition coefficient (Wildman–Crippen LogP) is 4.09. The number of hydrogen-bond donors (Lipinski definition) is 2. The molecule has 0 aliphatic carbocycles. The van der Waals surface area contributed by atoms with Gasteiger partial charge in [-0.1, -0.05) is 64.1 Å². The van der Waals surface area contributed by atoms with E-state index in [1.165, 1.54) is 6.07 Å². The molecule has 4 nitrogen and oxygen atoms in total. The fraction of sp³-hybridized carbons (Fsp3) is 0.333. The van der Waals surface area contributed by atoms with Crippen LogP contribution in [0.15, 0.2) is 47.4 Å². The van der Waals surface area contributed by atoms with Crippen molar-refractivity contribution in [2.45, 2.75) is 43.9 Å². The Bertz CT molecular complexity index is 803. The van der Waals surface area contributed by atoms with Crippen molar-refractivity contribution < 1.29 is 18.1 Å². The lowest BCUT2D eigenvalue weighted by Gasteiger charge is -2.24. The van der Waals surface area contributed by atoms with Crippen LogP contribution in [-0.4, -0.2) is 18.1 Å². The van der Waals surface area contributed by atoms with Crippen LogP contribution in [-0.2, 0) is 15.5 Å². The summed E-state index contributed by atoms with van der Waals surface area (Å²) in [5.74, 6) is -0.601. The smallest absolute Gasteiger partial charge is 0.298 e. The summed E-state index contributed by atoms with van der Waals surface area (Å²) in [6.45, 7) is 7.74. The van der Waals surface area contributed by atoms with E-state index in [0.29, 0.717) is 5.56 Å². The van der Waals surface area contributed by atoms with E-state index in [-0.39, 0.29) is 11.3 Å². The first-order valence-electron chi connectivity index (χ1n) is 7.41. The Labute approximate surface area is 137 Å². The van der Waals surface area contributed by atoms with E-state index in [2.05, 4.69) is 0 Å². The van der Waals surface area contributed by atoms with Crippen LogP contribution in [0.3, 0.4) is 0 Å². The van der Waals surface area contributed by atoms with Crippen molar-refractivity contribution >= 4 is 10.1 Å². The van der Waals surface area contributed by atoms with Crippen LogP contribution >= 0.6 is 0 Å². The van der Waals surface area contributed by atoms with E-state index in [1.807, 2.05) is 64.1 Å². The van der Waals surface area contributed by atoms with Crippen LogP contribution in [0.25, 0.3) is 0 Å². The van der Waals surface area contributed by atoms with Crippen molar-refractivity contribution in [1.82, 2.24) is 0 Å². The fourth-order valence-corrected chi connectivity index (χ4v) is 3.15. The lowest BCUT2D eigenvalue weighted by molar-refractivity contribution is 0.434. The van der Waals surface area contributed by atoms with Gasteiger partial charge >= 0.3 is 0 Å². The van der Waals surface area contributed by atoms with E-state index < -0.39 is 20.8 Å². The molecule has 0 amide bonds. The van der Waals surface area contributed by atoms with Gasteiger partial charge in [0.25, 0.3) is 10.1 Å². The second-order valence-corrected chi connectivity index (χ2v) is 8.16. The SMILES string of the molecule is CC(c1ccccc1)c1cc(C(C)(C)C)cc(S(=O)(=O)O)c1O. The van der Waals surface area contributed by atoms with Crippen molar-refractivity contribution in [3.63, 3.8) is 0 Å². The molecular formula is C18H22O4S. The molecule has 5 heteroatoms. The first-order chi connectivity index (χ1) is 10.5. The minimum absolute atomic E-state index is 0.209.